The molecule has 2 fully saturated rings. The summed E-state index contributed by atoms with van der Waals surface area (Å²) in [5, 5.41) is 4.38. The van der Waals surface area contributed by atoms with Crippen LogP contribution in [0.3, 0.4) is 0 Å². The second-order valence-electron chi connectivity index (χ2n) is 5.98. The van der Waals surface area contributed by atoms with Crippen molar-refractivity contribution < 1.29 is 4.79 Å². The Hall–Kier alpha value is -0.870. The van der Waals surface area contributed by atoms with Crippen LogP contribution in [0.15, 0.2) is 16.8 Å². The zero-order valence-electron chi connectivity index (χ0n) is 11.6. The number of likely N-dealkylation sites (tertiary alicyclic amines) is 2. The van der Waals surface area contributed by atoms with Crippen molar-refractivity contribution >= 4 is 17.2 Å². The number of hydrogen-bond donors (Lipinski definition) is 0. The molecule has 1 aromatic heterocycles. The first-order valence-electron chi connectivity index (χ1n) is 7.20. The van der Waals surface area contributed by atoms with Crippen LogP contribution in [-0.4, -0.2) is 41.4 Å². The third kappa shape index (κ3) is 2.56. The second-order valence-corrected chi connectivity index (χ2v) is 6.76. The average molecular weight is 278 g/mol. The largest absolute Gasteiger partial charge is 0.339 e. The van der Waals surface area contributed by atoms with Gasteiger partial charge in [-0.1, -0.05) is 0 Å². The molecule has 3 heterocycles. The maximum atomic E-state index is 12.0. The van der Waals surface area contributed by atoms with Crippen molar-refractivity contribution in [3.05, 3.63) is 22.4 Å². The van der Waals surface area contributed by atoms with E-state index in [9.17, 15) is 4.79 Å². The van der Waals surface area contributed by atoms with Crippen LogP contribution in [0.2, 0.25) is 0 Å². The molecule has 2 aliphatic rings. The van der Waals surface area contributed by atoms with Crippen molar-refractivity contribution in [2.45, 2.75) is 44.2 Å². The Labute approximate surface area is 119 Å². The van der Waals surface area contributed by atoms with E-state index in [1.54, 1.807) is 11.3 Å². The molecule has 1 atom stereocenters. The highest BCUT2D eigenvalue weighted by Crippen LogP contribution is 2.36. The Morgan fingerprint density at radius 1 is 1.37 bits per heavy atom. The minimum atomic E-state index is 0.115. The monoisotopic (exact) mass is 278 g/mol. The second kappa shape index (κ2) is 5.25. The van der Waals surface area contributed by atoms with Crippen molar-refractivity contribution in [1.82, 2.24) is 9.80 Å². The molecule has 1 aromatic rings. The molecule has 2 aliphatic heterocycles. The number of rotatable bonds is 2. The van der Waals surface area contributed by atoms with Gasteiger partial charge in [-0.05, 0) is 54.6 Å². The quantitative estimate of drug-likeness (QED) is 0.830. The fraction of sp³-hybridized carbons (Fsp3) is 0.667. The van der Waals surface area contributed by atoms with Gasteiger partial charge in [0.2, 0.25) is 5.91 Å². The topological polar surface area (TPSA) is 23.6 Å². The van der Waals surface area contributed by atoms with Crippen molar-refractivity contribution in [3.8, 4) is 0 Å². The van der Waals surface area contributed by atoms with E-state index >= 15 is 0 Å². The van der Waals surface area contributed by atoms with Gasteiger partial charge in [-0.25, -0.2) is 0 Å². The summed E-state index contributed by atoms with van der Waals surface area (Å²) in [6.45, 7) is 3.25. The van der Waals surface area contributed by atoms with Gasteiger partial charge >= 0.3 is 0 Å². The lowest BCUT2D eigenvalue weighted by atomic mass is 9.80. The normalized spacial score (nSPS) is 29.1. The van der Waals surface area contributed by atoms with E-state index in [-0.39, 0.29) is 5.54 Å². The predicted molar refractivity (Wildman–Crippen MR) is 78.2 cm³/mol. The molecular formula is C15H22N2OS. The number of carbonyl (C=O) groups excluding carboxylic acids is 1. The van der Waals surface area contributed by atoms with Gasteiger partial charge in [-0.15, -0.1) is 0 Å². The summed E-state index contributed by atoms with van der Waals surface area (Å²) in [6.07, 6.45) is 5.37. The summed E-state index contributed by atoms with van der Waals surface area (Å²) in [6, 6.07) is 2.21. The van der Waals surface area contributed by atoms with Crippen LogP contribution in [0.4, 0.5) is 0 Å². The Morgan fingerprint density at radius 2 is 2.21 bits per heavy atom. The van der Waals surface area contributed by atoms with Crippen molar-refractivity contribution in [3.63, 3.8) is 0 Å². The molecule has 0 bridgehead atoms. The van der Waals surface area contributed by atoms with Crippen LogP contribution >= 0.6 is 11.3 Å². The van der Waals surface area contributed by atoms with E-state index < -0.39 is 0 Å². The first-order chi connectivity index (χ1) is 9.20. The fourth-order valence-electron chi connectivity index (χ4n) is 3.63. The lowest BCUT2D eigenvalue weighted by Crippen LogP contribution is -2.60. The molecule has 1 spiro atoms. The summed E-state index contributed by atoms with van der Waals surface area (Å²) in [7, 11) is 2.01. The number of nitrogens with zero attached hydrogens (tertiary/aromatic N) is 2. The zero-order valence-corrected chi connectivity index (χ0v) is 12.4. The molecule has 0 aliphatic carbocycles. The summed E-state index contributed by atoms with van der Waals surface area (Å²) in [5.74, 6) is 0.337. The van der Waals surface area contributed by atoms with Gasteiger partial charge in [0.15, 0.2) is 0 Å². The third-order valence-corrected chi connectivity index (χ3v) is 5.47. The molecule has 1 amide bonds. The average Bonchev–Trinajstić information content (AvgIpc) is 2.89. The molecule has 0 aromatic carbocycles. The maximum Gasteiger partial charge on any atom is 0.222 e. The number of carbonyl (C=O) groups is 1. The van der Waals surface area contributed by atoms with Crippen LogP contribution in [0.1, 0.15) is 37.7 Å². The molecule has 0 saturated carbocycles. The van der Waals surface area contributed by atoms with Gasteiger partial charge in [0.25, 0.3) is 0 Å². The highest BCUT2D eigenvalue weighted by atomic mass is 32.1. The first-order valence-corrected chi connectivity index (χ1v) is 8.14. The molecule has 104 valence electrons. The molecule has 3 nitrogen and oxygen atoms in total. The molecule has 0 unspecified atom stereocenters. The number of thiophene rings is 1. The zero-order chi connectivity index (χ0) is 13.3. The number of amides is 1. The van der Waals surface area contributed by atoms with Crippen LogP contribution in [0.5, 0.6) is 0 Å². The first kappa shape index (κ1) is 13.1. The van der Waals surface area contributed by atoms with Gasteiger partial charge in [-0.2, -0.15) is 11.3 Å². The Bertz CT molecular complexity index is 441. The summed E-state index contributed by atoms with van der Waals surface area (Å²) in [5.41, 5.74) is 1.52. The van der Waals surface area contributed by atoms with Gasteiger partial charge in [0.1, 0.15) is 0 Å². The molecule has 0 N–H and O–H groups in total. The molecular weight excluding hydrogens is 256 g/mol. The van der Waals surface area contributed by atoms with E-state index in [0.717, 1.165) is 25.9 Å². The van der Waals surface area contributed by atoms with Gasteiger partial charge in [-0.3, -0.25) is 9.69 Å². The highest BCUT2D eigenvalue weighted by molar-refractivity contribution is 7.07. The standard InChI is InChI=1S/C15H22N2OS/c1-16-14(18)4-2-6-15(16)7-3-8-17(12-15)10-13-5-9-19-11-13/h5,9,11H,2-4,6-8,10,12H2,1H3/t15-/m0/s1. The number of piperidine rings is 2. The minimum Gasteiger partial charge on any atom is -0.339 e. The Morgan fingerprint density at radius 3 is 3.00 bits per heavy atom. The summed E-state index contributed by atoms with van der Waals surface area (Å²) >= 11 is 1.76. The Kier molecular flexibility index (Phi) is 3.63. The maximum absolute atomic E-state index is 12.0. The number of likely N-dealkylation sites (N-methyl/N-ethyl adjacent to an activating group) is 1. The van der Waals surface area contributed by atoms with E-state index in [4.69, 9.17) is 0 Å². The van der Waals surface area contributed by atoms with Crippen LogP contribution in [-0.2, 0) is 11.3 Å². The third-order valence-electron chi connectivity index (χ3n) is 4.74. The van der Waals surface area contributed by atoms with Gasteiger partial charge in [0.05, 0.1) is 5.54 Å². The van der Waals surface area contributed by atoms with E-state index in [1.165, 1.54) is 31.4 Å². The van der Waals surface area contributed by atoms with E-state index in [2.05, 4.69) is 26.6 Å². The van der Waals surface area contributed by atoms with Crippen LogP contribution in [0, 0.1) is 0 Å². The smallest absolute Gasteiger partial charge is 0.222 e. The van der Waals surface area contributed by atoms with Gasteiger partial charge in [0, 0.05) is 26.6 Å². The predicted octanol–water partition coefficient (Wildman–Crippen LogP) is 2.73. The summed E-state index contributed by atoms with van der Waals surface area (Å²) in [4.78, 5) is 16.6. The number of hydrogen-bond acceptors (Lipinski definition) is 3. The highest BCUT2D eigenvalue weighted by Gasteiger charge is 2.42. The minimum absolute atomic E-state index is 0.115. The summed E-state index contributed by atoms with van der Waals surface area (Å²) < 4.78 is 0. The van der Waals surface area contributed by atoms with Crippen molar-refractivity contribution in [2.75, 3.05) is 20.1 Å². The molecule has 0 radical (unpaired) electrons. The van der Waals surface area contributed by atoms with Crippen molar-refractivity contribution in [1.29, 1.82) is 0 Å². The molecule has 19 heavy (non-hydrogen) atoms. The fourth-order valence-corrected chi connectivity index (χ4v) is 4.29. The van der Waals surface area contributed by atoms with Gasteiger partial charge < -0.3 is 4.90 Å². The lowest BCUT2D eigenvalue weighted by molar-refractivity contribution is -0.142. The SMILES string of the molecule is CN1C(=O)CCC[C@@]12CCCN(Cc1ccsc1)C2. The Balaban J connectivity index is 1.71. The van der Waals surface area contributed by atoms with Crippen molar-refractivity contribution in [2.24, 2.45) is 0 Å². The van der Waals surface area contributed by atoms with E-state index in [1.807, 2.05) is 7.05 Å². The van der Waals surface area contributed by atoms with E-state index in [0.29, 0.717) is 5.91 Å². The van der Waals surface area contributed by atoms with Crippen LogP contribution < -0.4 is 0 Å². The molecule has 4 heteroatoms. The molecule has 3 rings (SSSR count). The van der Waals surface area contributed by atoms with Crippen LogP contribution in [0.25, 0.3) is 0 Å². The molecule has 2 saturated heterocycles. The lowest BCUT2D eigenvalue weighted by Gasteiger charge is -2.50.